The molecule has 0 amide bonds. The lowest BCUT2D eigenvalue weighted by Crippen LogP contribution is -2.43. The van der Waals surface area contributed by atoms with E-state index in [1.807, 2.05) is 6.07 Å². The second kappa shape index (κ2) is 6.37. The fraction of sp³-hybridized carbons (Fsp3) is 0.333. The lowest BCUT2D eigenvalue weighted by Gasteiger charge is -2.29. The fourth-order valence-corrected chi connectivity index (χ4v) is 3.04. The summed E-state index contributed by atoms with van der Waals surface area (Å²) in [6.45, 7) is 2.68. The Hall–Kier alpha value is -1.71. The van der Waals surface area contributed by atoms with E-state index in [1.165, 1.54) is 17.2 Å². The largest absolute Gasteiger partial charge is 0.308 e. The highest BCUT2D eigenvalue weighted by atomic mass is 19.1. The maximum Gasteiger partial charge on any atom is 0.123 e. The Kier molecular flexibility index (Phi) is 4.32. The number of hydrogen-bond donors (Lipinski definition) is 1. The average Bonchev–Trinajstić information content (AvgIpc) is 2.47. The highest BCUT2D eigenvalue weighted by Crippen LogP contribution is 2.17. The molecule has 2 aromatic rings. The molecule has 0 spiro atoms. The van der Waals surface area contributed by atoms with Gasteiger partial charge in [0.2, 0.25) is 0 Å². The van der Waals surface area contributed by atoms with Gasteiger partial charge in [-0.15, -0.1) is 0 Å². The third-order valence-corrected chi connectivity index (χ3v) is 4.04. The van der Waals surface area contributed by atoms with Crippen LogP contribution in [0.5, 0.6) is 0 Å². The van der Waals surface area contributed by atoms with Crippen LogP contribution in [0.1, 0.15) is 16.7 Å². The van der Waals surface area contributed by atoms with Gasteiger partial charge < -0.3 is 10.2 Å². The number of fused-ring (bicyclic) bond motifs is 1. The van der Waals surface area contributed by atoms with Crippen LogP contribution < -0.4 is 5.32 Å². The number of likely N-dealkylation sites (N-methyl/N-ethyl adjacent to an activating group) is 1. The number of nitrogens with one attached hydrogen (secondary N) is 1. The molecule has 3 heteroatoms. The standard InChI is InChI=1S/C18H21FN2/c1-21(12-14-5-4-8-17(19)9-14)13-18-10-15-6-2-3-7-16(15)11-20-18/h2-9,18,20H,10-13H2,1H3. The van der Waals surface area contributed by atoms with Gasteiger partial charge in [-0.25, -0.2) is 4.39 Å². The lowest BCUT2D eigenvalue weighted by molar-refractivity contribution is 0.273. The third kappa shape index (κ3) is 3.69. The average molecular weight is 284 g/mol. The molecule has 3 rings (SSSR count). The molecular weight excluding hydrogens is 263 g/mol. The van der Waals surface area contributed by atoms with Gasteiger partial charge in [0.1, 0.15) is 5.82 Å². The van der Waals surface area contributed by atoms with E-state index in [0.717, 1.165) is 31.6 Å². The maximum atomic E-state index is 13.2. The predicted octanol–water partition coefficient (Wildman–Crippen LogP) is 2.97. The summed E-state index contributed by atoms with van der Waals surface area (Å²) in [7, 11) is 2.09. The number of hydrogen-bond acceptors (Lipinski definition) is 2. The van der Waals surface area contributed by atoms with Gasteiger partial charge in [0.15, 0.2) is 0 Å². The van der Waals surface area contributed by atoms with Gasteiger partial charge in [0.05, 0.1) is 0 Å². The zero-order valence-electron chi connectivity index (χ0n) is 12.3. The van der Waals surface area contributed by atoms with Gasteiger partial charge in [-0.3, -0.25) is 0 Å². The molecule has 1 aliphatic heterocycles. The molecule has 0 saturated heterocycles. The van der Waals surface area contributed by atoms with Gasteiger partial charge in [0, 0.05) is 25.7 Å². The molecule has 0 fully saturated rings. The summed E-state index contributed by atoms with van der Waals surface area (Å²) in [6, 6.07) is 15.9. The first-order valence-corrected chi connectivity index (χ1v) is 7.44. The second-order valence-corrected chi connectivity index (χ2v) is 5.88. The Labute approximate surface area is 125 Å². The quantitative estimate of drug-likeness (QED) is 0.928. The van der Waals surface area contributed by atoms with Crippen molar-refractivity contribution in [2.45, 2.75) is 25.6 Å². The Balaban J connectivity index is 1.57. The monoisotopic (exact) mass is 284 g/mol. The molecular formula is C18H21FN2. The molecule has 21 heavy (non-hydrogen) atoms. The van der Waals surface area contributed by atoms with Crippen molar-refractivity contribution in [2.24, 2.45) is 0 Å². The summed E-state index contributed by atoms with van der Waals surface area (Å²) in [6.07, 6.45) is 1.06. The van der Waals surface area contributed by atoms with E-state index in [2.05, 4.69) is 41.5 Å². The summed E-state index contributed by atoms with van der Waals surface area (Å²) in [5.74, 6) is -0.161. The van der Waals surface area contributed by atoms with Crippen LogP contribution in [0.3, 0.4) is 0 Å². The summed E-state index contributed by atoms with van der Waals surface area (Å²) in [5.41, 5.74) is 3.87. The topological polar surface area (TPSA) is 15.3 Å². The molecule has 1 heterocycles. The van der Waals surface area contributed by atoms with Crippen LogP contribution in [0.25, 0.3) is 0 Å². The normalized spacial score (nSPS) is 17.8. The van der Waals surface area contributed by atoms with Crippen LogP contribution >= 0.6 is 0 Å². The number of benzene rings is 2. The van der Waals surface area contributed by atoms with E-state index in [0.29, 0.717) is 6.04 Å². The van der Waals surface area contributed by atoms with E-state index in [1.54, 1.807) is 12.1 Å². The third-order valence-electron chi connectivity index (χ3n) is 4.04. The van der Waals surface area contributed by atoms with E-state index < -0.39 is 0 Å². The van der Waals surface area contributed by atoms with Gasteiger partial charge in [0.25, 0.3) is 0 Å². The molecule has 1 atom stereocenters. The fourth-order valence-electron chi connectivity index (χ4n) is 3.04. The van der Waals surface area contributed by atoms with Gasteiger partial charge in [-0.05, 0) is 42.3 Å². The Morgan fingerprint density at radius 2 is 1.95 bits per heavy atom. The summed E-state index contributed by atoms with van der Waals surface area (Å²) in [5, 5.41) is 3.59. The van der Waals surface area contributed by atoms with E-state index in [4.69, 9.17) is 0 Å². The van der Waals surface area contributed by atoms with Crippen LogP contribution in [0, 0.1) is 5.82 Å². The predicted molar refractivity (Wildman–Crippen MR) is 83.5 cm³/mol. The minimum absolute atomic E-state index is 0.161. The van der Waals surface area contributed by atoms with Crippen molar-refractivity contribution in [3.05, 3.63) is 71.0 Å². The molecule has 2 nitrogen and oxygen atoms in total. The maximum absolute atomic E-state index is 13.2. The summed E-state index contributed by atoms with van der Waals surface area (Å²) in [4.78, 5) is 2.25. The van der Waals surface area contributed by atoms with E-state index in [-0.39, 0.29) is 5.82 Å². The highest BCUT2D eigenvalue weighted by Gasteiger charge is 2.18. The van der Waals surface area contributed by atoms with Crippen molar-refractivity contribution in [1.82, 2.24) is 10.2 Å². The summed E-state index contributed by atoms with van der Waals surface area (Å²) >= 11 is 0. The number of rotatable bonds is 4. The Morgan fingerprint density at radius 1 is 1.14 bits per heavy atom. The first-order valence-electron chi connectivity index (χ1n) is 7.44. The Morgan fingerprint density at radius 3 is 2.76 bits per heavy atom. The second-order valence-electron chi connectivity index (χ2n) is 5.88. The summed E-state index contributed by atoms with van der Waals surface area (Å²) < 4.78 is 13.2. The van der Waals surface area contributed by atoms with Gasteiger partial charge >= 0.3 is 0 Å². The zero-order valence-corrected chi connectivity index (χ0v) is 12.3. The minimum atomic E-state index is -0.161. The number of halogens is 1. The van der Waals surface area contributed by atoms with E-state index >= 15 is 0 Å². The molecule has 0 aliphatic carbocycles. The van der Waals surface area contributed by atoms with Crippen LogP contribution in [0.2, 0.25) is 0 Å². The molecule has 0 radical (unpaired) electrons. The molecule has 0 aromatic heterocycles. The van der Waals surface area contributed by atoms with Crippen molar-refractivity contribution >= 4 is 0 Å². The van der Waals surface area contributed by atoms with Crippen LogP contribution in [-0.2, 0) is 19.5 Å². The molecule has 110 valence electrons. The van der Waals surface area contributed by atoms with Crippen molar-refractivity contribution in [1.29, 1.82) is 0 Å². The van der Waals surface area contributed by atoms with Crippen LogP contribution in [0.4, 0.5) is 4.39 Å². The molecule has 0 saturated carbocycles. The van der Waals surface area contributed by atoms with Crippen molar-refractivity contribution in [3.8, 4) is 0 Å². The van der Waals surface area contributed by atoms with Crippen LogP contribution in [0.15, 0.2) is 48.5 Å². The number of nitrogens with zero attached hydrogens (tertiary/aromatic N) is 1. The SMILES string of the molecule is CN(Cc1cccc(F)c1)CC1Cc2ccccc2CN1. The molecule has 1 aliphatic rings. The van der Waals surface area contributed by atoms with Crippen molar-refractivity contribution in [2.75, 3.05) is 13.6 Å². The zero-order chi connectivity index (χ0) is 14.7. The highest BCUT2D eigenvalue weighted by molar-refractivity contribution is 5.30. The molecule has 1 unspecified atom stereocenters. The first kappa shape index (κ1) is 14.2. The van der Waals surface area contributed by atoms with Gasteiger partial charge in [-0.2, -0.15) is 0 Å². The van der Waals surface area contributed by atoms with Gasteiger partial charge in [-0.1, -0.05) is 36.4 Å². The molecule has 0 bridgehead atoms. The first-order chi connectivity index (χ1) is 10.2. The van der Waals surface area contributed by atoms with Crippen molar-refractivity contribution in [3.63, 3.8) is 0 Å². The minimum Gasteiger partial charge on any atom is -0.308 e. The molecule has 2 aromatic carbocycles. The molecule has 1 N–H and O–H groups in total. The van der Waals surface area contributed by atoms with Crippen LogP contribution in [-0.4, -0.2) is 24.5 Å². The van der Waals surface area contributed by atoms with Crippen molar-refractivity contribution < 1.29 is 4.39 Å². The smallest absolute Gasteiger partial charge is 0.123 e. The Bertz CT molecular complexity index is 612. The van der Waals surface area contributed by atoms with E-state index in [9.17, 15) is 4.39 Å². The lowest BCUT2D eigenvalue weighted by atomic mass is 9.95.